The van der Waals surface area contributed by atoms with E-state index in [2.05, 4.69) is 18.4 Å². The van der Waals surface area contributed by atoms with E-state index < -0.39 is 0 Å². The van der Waals surface area contributed by atoms with E-state index in [1.54, 1.807) is 0 Å². The minimum atomic E-state index is 0.319. The minimum absolute atomic E-state index is 0.319. The molecule has 19 heavy (non-hydrogen) atoms. The molecule has 1 fully saturated rings. The fourth-order valence-electron chi connectivity index (χ4n) is 2.49. The summed E-state index contributed by atoms with van der Waals surface area (Å²) in [6, 6.07) is 8.05. The third-order valence-corrected chi connectivity index (χ3v) is 3.89. The van der Waals surface area contributed by atoms with Crippen LogP contribution < -0.4 is 5.73 Å². The molecule has 3 nitrogen and oxygen atoms in total. The van der Waals surface area contributed by atoms with Crippen LogP contribution in [-0.4, -0.2) is 9.55 Å². The van der Waals surface area contributed by atoms with Gasteiger partial charge in [-0.1, -0.05) is 29.8 Å². The average molecular weight is 276 g/mol. The second-order valence-corrected chi connectivity index (χ2v) is 5.83. The van der Waals surface area contributed by atoms with Crippen LogP contribution in [0, 0.1) is 0 Å². The number of benzene rings is 1. The Balaban J connectivity index is 2.17. The highest BCUT2D eigenvalue weighted by Gasteiger charge is 2.32. The maximum Gasteiger partial charge on any atom is 0.132 e. The van der Waals surface area contributed by atoms with Gasteiger partial charge in [-0.3, -0.25) is 0 Å². The molecule has 0 amide bonds. The van der Waals surface area contributed by atoms with Gasteiger partial charge in [0.05, 0.1) is 5.02 Å². The molecule has 1 heterocycles. The van der Waals surface area contributed by atoms with Crippen LogP contribution >= 0.6 is 11.6 Å². The van der Waals surface area contributed by atoms with Gasteiger partial charge in [-0.2, -0.15) is 0 Å². The van der Waals surface area contributed by atoms with E-state index in [1.165, 1.54) is 12.8 Å². The van der Waals surface area contributed by atoms with E-state index in [4.69, 9.17) is 22.3 Å². The molecule has 0 bridgehead atoms. The molecule has 1 saturated carbocycles. The van der Waals surface area contributed by atoms with Crippen LogP contribution in [0.5, 0.6) is 0 Å². The number of nitrogens with two attached hydrogens (primary N) is 1. The molecule has 0 saturated heterocycles. The van der Waals surface area contributed by atoms with Gasteiger partial charge in [0.1, 0.15) is 17.3 Å². The van der Waals surface area contributed by atoms with Crippen molar-refractivity contribution in [2.75, 3.05) is 5.73 Å². The quantitative estimate of drug-likeness (QED) is 0.910. The van der Waals surface area contributed by atoms with Gasteiger partial charge in [-0.05, 0) is 32.8 Å². The molecule has 1 aromatic heterocycles. The van der Waals surface area contributed by atoms with Crippen molar-refractivity contribution < 1.29 is 0 Å². The van der Waals surface area contributed by atoms with Crippen LogP contribution in [-0.2, 0) is 0 Å². The van der Waals surface area contributed by atoms with E-state index >= 15 is 0 Å². The Bertz CT molecular complexity index is 612. The molecule has 4 heteroatoms. The van der Waals surface area contributed by atoms with Crippen molar-refractivity contribution in [3.05, 3.63) is 35.1 Å². The summed E-state index contributed by atoms with van der Waals surface area (Å²) in [5.41, 5.74) is 8.05. The predicted molar refractivity (Wildman–Crippen MR) is 79.4 cm³/mol. The first-order valence-corrected chi connectivity index (χ1v) is 7.10. The van der Waals surface area contributed by atoms with E-state index in [9.17, 15) is 0 Å². The number of rotatable bonds is 3. The maximum absolute atomic E-state index is 6.31. The fraction of sp³-hybridized carbons (Fsp3) is 0.400. The molecule has 1 aliphatic carbocycles. The van der Waals surface area contributed by atoms with Gasteiger partial charge in [0.25, 0.3) is 0 Å². The van der Waals surface area contributed by atoms with Crippen molar-refractivity contribution in [1.29, 1.82) is 0 Å². The standard InChI is InChI=1S/C15H18ClN3/c1-9(2)19-14(17)13(18-15(19)10-7-8-10)11-5-3-4-6-12(11)16/h3-6,9-10H,7-8,17H2,1-2H3. The summed E-state index contributed by atoms with van der Waals surface area (Å²) in [5.74, 6) is 2.41. The van der Waals surface area contributed by atoms with Crippen molar-refractivity contribution in [1.82, 2.24) is 9.55 Å². The topological polar surface area (TPSA) is 43.8 Å². The highest BCUT2D eigenvalue weighted by Crippen LogP contribution is 2.44. The van der Waals surface area contributed by atoms with E-state index in [1.807, 2.05) is 24.3 Å². The number of nitrogens with zero attached hydrogens (tertiary/aromatic N) is 2. The van der Waals surface area contributed by atoms with Gasteiger partial charge in [0.15, 0.2) is 0 Å². The number of hydrogen-bond acceptors (Lipinski definition) is 2. The first kappa shape index (κ1) is 12.5. The Morgan fingerprint density at radius 1 is 1.32 bits per heavy atom. The zero-order valence-corrected chi connectivity index (χ0v) is 12.0. The number of anilines is 1. The van der Waals surface area contributed by atoms with Gasteiger partial charge in [-0.15, -0.1) is 0 Å². The number of halogens is 1. The van der Waals surface area contributed by atoms with Crippen molar-refractivity contribution in [3.63, 3.8) is 0 Å². The molecule has 2 aromatic rings. The lowest BCUT2D eigenvalue weighted by atomic mass is 10.1. The largest absolute Gasteiger partial charge is 0.383 e. The number of hydrogen-bond donors (Lipinski definition) is 1. The molecule has 100 valence electrons. The van der Waals surface area contributed by atoms with Gasteiger partial charge < -0.3 is 10.3 Å². The third-order valence-electron chi connectivity index (χ3n) is 3.56. The van der Waals surface area contributed by atoms with E-state index in [-0.39, 0.29) is 0 Å². The summed E-state index contributed by atoms with van der Waals surface area (Å²) in [6.45, 7) is 4.28. The molecule has 0 aliphatic heterocycles. The van der Waals surface area contributed by atoms with Crippen LogP contribution in [0.2, 0.25) is 5.02 Å². The highest BCUT2D eigenvalue weighted by molar-refractivity contribution is 6.33. The van der Waals surface area contributed by atoms with Crippen LogP contribution in [0.1, 0.15) is 44.5 Å². The molecule has 1 aromatic carbocycles. The molecule has 3 rings (SSSR count). The highest BCUT2D eigenvalue weighted by atomic mass is 35.5. The smallest absolute Gasteiger partial charge is 0.132 e. The summed E-state index contributed by atoms with van der Waals surface area (Å²) >= 11 is 6.26. The first-order valence-electron chi connectivity index (χ1n) is 6.72. The summed E-state index contributed by atoms with van der Waals surface area (Å²) in [4.78, 5) is 4.78. The van der Waals surface area contributed by atoms with Gasteiger partial charge in [-0.25, -0.2) is 4.98 Å². The Kier molecular flexibility index (Phi) is 3.02. The monoisotopic (exact) mass is 275 g/mol. The van der Waals surface area contributed by atoms with Crippen molar-refractivity contribution in [3.8, 4) is 11.3 Å². The number of imidazole rings is 1. The second-order valence-electron chi connectivity index (χ2n) is 5.42. The van der Waals surface area contributed by atoms with Crippen molar-refractivity contribution >= 4 is 17.4 Å². The SMILES string of the molecule is CC(C)n1c(C2CC2)nc(-c2ccccc2Cl)c1N. The van der Waals surface area contributed by atoms with Gasteiger partial charge in [0.2, 0.25) is 0 Å². The molecular weight excluding hydrogens is 258 g/mol. The number of aromatic nitrogens is 2. The Labute approximate surface area is 118 Å². The van der Waals surface area contributed by atoms with Crippen LogP contribution in [0.25, 0.3) is 11.3 Å². The molecule has 0 radical (unpaired) electrons. The summed E-state index contributed by atoms with van der Waals surface area (Å²) in [5, 5.41) is 0.699. The molecule has 0 spiro atoms. The zero-order valence-electron chi connectivity index (χ0n) is 11.2. The van der Waals surface area contributed by atoms with Crippen molar-refractivity contribution in [2.45, 2.75) is 38.6 Å². The van der Waals surface area contributed by atoms with Crippen LogP contribution in [0.4, 0.5) is 5.82 Å². The summed E-state index contributed by atoms with van der Waals surface area (Å²) < 4.78 is 2.15. The van der Waals surface area contributed by atoms with Crippen LogP contribution in [0.15, 0.2) is 24.3 Å². The number of nitrogen functional groups attached to an aromatic ring is 1. The maximum atomic E-state index is 6.31. The molecular formula is C15H18ClN3. The molecule has 0 atom stereocenters. The summed E-state index contributed by atoms with van der Waals surface area (Å²) in [7, 11) is 0. The molecule has 1 aliphatic rings. The summed E-state index contributed by atoms with van der Waals surface area (Å²) in [6.07, 6.45) is 2.43. The normalized spacial score (nSPS) is 15.2. The molecule has 0 unspecified atom stereocenters. The predicted octanol–water partition coefficient (Wildman–Crippen LogP) is 4.24. The fourth-order valence-corrected chi connectivity index (χ4v) is 2.71. The average Bonchev–Trinajstić information content (AvgIpc) is 3.14. The zero-order chi connectivity index (χ0) is 13.6. The van der Waals surface area contributed by atoms with Gasteiger partial charge in [0, 0.05) is 17.5 Å². The minimum Gasteiger partial charge on any atom is -0.383 e. The van der Waals surface area contributed by atoms with E-state index in [0.29, 0.717) is 17.0 Å². The molecule has 2 N–H and O–H groups in total. The van der Waals surface area contributed by atoms with Crippen LogP contribution in [0.3, 0.4) is 0 Å². The van der Waals surface area contributed by atoms with Gasteiger partial charge >= 0.3 is 0 Å². The second kappa shape index (κ2) is 4.57. The lowest BCUT2D eigenvalue weighted by Gasteiger charge is -2.13. The Hall–Kier alpha value is -1.48. The van der Waals surface area contributed by atoms with E-state index in [0.717, 1.165) is 22.9 Å². The Morgan fingerprint density at radius 3 is 2.58 bits per heavy atom. The Morgan fingerprint density at radius 2 is 2.00 bits per heavy atom. The first-order chi connectivity index (χ1) is 9.09. The lowest BCUT2D eigenvalue weighted by molar-refractivity contribution is 0.576. The lowest BCUT2D eigenvalue weighted by Crippen LogP contribution is -2.08. The third kappa shape index (κ3) is 2.12. The van der Waals surface area contributed by atoms with Crippen molar-refractivity contribution in [2.24, 2.45) is 0 Å².